The SMILES string of the molecule is O=C(C=C1CCN(S(=O)(=O)c2ccc3ccccc3c2)CC1)NO. The van der Waals surface area contributed by atoms with Gasteiger partial charge in [0.25, 0.3) is 5.91 Å². The summed E-state index contributed by atoms with van der Waals surface area (Å²) < 4.78 is 27.0. The van der Waals surface area contributed by atoms with Gasteiger partial charge in [0.15, 0.2) is 0 Å². The number of piperidine rings is 1. The van der Waals surface area contributed by atoms with Gasteiger partial charge >= 0.3 is 0 Å². The first-order chi connectivity index (χ1) is 11.5. The first-order valence-electron chi connectivity index (χ1n) is 7.63. The van der Waals surface area contributed by atoms with Crippen molar-refractivity contribution in [2.24, 2.45) is 0 Å². The van der Waals surface area contributed by atoms with Crippen LogP contribution in [0.3, 0.4) is 0 Å². The highest BCUT2D eigenvalue weighted by molar-refractivity contribution is 7.89. The van der Waals surface area contributed by atoms with Crippen LogP contribution < -0.4 is 5.48 Å². The zero-order valence-corrected chi connectivity index (χ0v) is 13.8. The predicted octanol–water partition coefficient (Wildman–Crippen LogP) is 2.06. The van der Waals surface area contributed by atoms with Crippen LogP contribution in [0.5, 0.6) is 0 Å². The number of hydrogen-bond acceptors (Lipinski definition) is 4. The lowest BCUT2D eigenvalue weighted by atomic mass is 10.1. The monoisotopic (exact) mass is 346 g/mol. The average Bonchev–Trinajstić information content (AvgIpc) is 2.61. The van der Waals surface area contributed by atoms with Crippen LogP contribution in [0.15, 0.2) is 59.0 Å². The number of nitrogens with one attached hydrogen (secondary N) is 1. The molecule has 0 radical (unpaired) electrons. The van der Waals surface area contributed by atoms with Crippen molar-refractivity contribution in [2.75, 3.05) is 13.1 Å². The van der Waals surface area contributed by atoms with Gasteiger partial charge in [-0.05, 0) is 35.7 Å². The Morgan fingerprint density at radius 2 is 1.75 bits per heavy atom. The third-order valence-corrected chi connectivity index (χ3v) is 6.06. The molecule has 126 valence electrons. The van der Waals surface area contributed by atoms with Gasteiger partial charge < -0.3 is 0 Å². The number of amides is 1. The highest BCUT2D eigenvalue weighted by Crippen LogP contribution is 2.25. The molecule has 2 aromatic rings. The van der Waals surface area contributed by atoms with Crippen LogP contribution in [0.2, 0.25) is 0 Å². The lowest BCUT2D eigenvalue weighted by Crippen LogP contribution is -2.36. The van der Waals surface area contributed by atoms with Crippen molar-refractivity contribution < 1.29 is 18.4 Å². The maximum atomic E-state index is 12.8. The number of hydroxylamine groups is 1. The van der Waals surface area contributed by atoms with E-state index in [0.29, 0.717) is 25.9 Å². The highest BCUT2D eigenvalue weighted by Gasteiger charge is 2.27. The minimum atomic E-state index is -3.55. The predicted molar refractivity (Wildman–Crippen MR) is 90.0 cm³/mol. The molecule has 6 nitrogen and oxygen atoms in total. The van der Waals surface area contributed by atoms with Crippen LogP contribution >= 0.6 is 0 Å². The molecule has 2 N–H and O–H groups in total. The molecule has 0 unspecified atom stereocenters. The zero-order valence-electron chi connectivity index (χ0n) is 13.0. The van der Waals surface area contributed by atoms with Crippen LogP contribution in [0.4, 0.5) is 0 Å². The molecule has 1 saturated heterocycles. The average molecular weight is 346 g/mol. The first kappa shape index (κ1) is 16.6. The number of nitrogens with zero attached hydrogens (tertiary/aromatic N) is 1. The summed E-state index contributed by atoms with van der Waals surface area (Å²) in [6, 6.07) is 12.7. The first-order valence-corrected chi connectivity index (χ1v) is 9.07. The molecule has 2 aromatic carbocycles. The Morgan fingerprint density at radius 3 is 2.42 bits per heavy atom. The van der Waals surface area contributed by atoms with Crippen molar-refractivity contribution >= 4 is 26.7 Å². The molecule has 0 saturated carbocycles. The van der Waals surface area contributed by atoms with Gasteiger partial charge in [-0.15, -0.1) is 0 Å². The Labute approximate surface area is 140 Å². The maximum Gasteiger partial charge on any atom is 0.267 e. The van der Waals surface area contributed by atoms with Crippen molar-refractivity contribution in [2.45, 2.75) is 17.7 Å². The number of carbonyl (C=O) groups is 1. The van der Waals surface area contributed by atoms with E-state index in [1.165, 1.54) is 10.4 Å². The molecule has 24 heavy (non-hydrogen) atoms. The van der Waals surface area contributed by atoms with E-state index in [1.807, 2.05) is 30.3 Å². The topological polar surface area (TPSA) is 86.7 Å². The Morgan fingerprint density at radius 1 is 1.08 bits per heavy atom. The van der Waals surface area contributed by atoms with Crippen molar-refractivity contribution in [1.29, 1.82) is 0 Å². The second-order valence-corrected chi connectivity index (χ2v) is 7.63. The molecule has 0 atom stereocenters. The maximum absolute atomic E-state index is 12.8. The van der Waals surface area contributed by atoms with E-state index in [4.69, 9.17) is 5.21 Å². The van der Waals surface area contributed by atoms with Crippen LogP contribution in [0.25, 0.3) is 10.8 Å². The molecule has 1 amide bonds. The fraction of sp³-hybridized carbons (Fsp3) is 0.235. The third-order valence-electron chi connectivity index (χ3n) is 4.17. The Balaban J connectivity index is 1.81. The molecule has 3 rings (SSSR count). The summed E-state index contributed by atoms with van der Waals surface area (Å²) in [7, 11) is -3.55. The lowest BCUT2D eigenvalue weighted by molar-refractivity contribution is -0.124. The molecule has 1 heterocycles. The van der Waals surface area contributed by atoms with Gasteiger partial charge in [-0.2, -0.15) is 4.31 Å². The van der Waals surface area contributed by atoms with Crippen LogP contribution in [0.1, 0.15) is 12.8 Å². The molecule has 0 spiro atoms. The summed E-state index contributed by atoms with van der Waals surface area (Å²) in [5.41, 5.74) is 2.37. The van der Waals surface area contributed by atoms with E-state index >= 15 is 0 Å². The molecule has 1 aliphatic heterocycles. The summed E-state index contributed by atoms with van der Waals surface area (Å²) in [5, 5.41) is 10.4. The fourth-order valence-corrected chi connectivity index (χ4v) is 4.33. The fourth-order valence-electron chi connectivity index (χ4n) is 2.85. The van der Waals surface area contributed by atoms with Gasteiger partial charge in [-0.1, -0.05) is 35.9 Å². The molecular formula is C17H18N2O4S. The summed E-state index contributed by atoms with van der Waals surface area (Å²) in [5.74, 6) is -0.587. The van der Waals surface area contributed by atoms with E-state index < -0.39 is 15.9 Å². The standard InChI is InChI=1S/C17H18N2O4S/c20-17(18-21)11-13-7-9-19(10-8-13)24(22,23)16-6-5-14-3-1-2-4-15(14)12-16/h1-6,11-12,21H,7-10H2,(H,18,20). The quantitative estimate of drug-likeness (QED) is 0.506. The Bertz CT molecular complexity index is 896. The number of rotatable bonds is 3. The molecular weight excluding hydrogens is 328 g/mol. The van der Waals surface area contributed by atoms with Gasteiger partial charge in [0.2, 0.25) is 10.0 Å². The Kier molecular flexibility index (Phi) is 4.66. The third kappa shape index (κ3) is 3.33. The van der Waals surface area contributed by atoms with Crippen molar-refractivity contribution in [3.63, 3.8) is 0 Å². The largest absolute Gasteiger partial charge is 0.288 e. The number of benzene rings is 2. The molecule has 0 aliphatic carbocycles. The van der Waals surface area contributed by atoms with Gasteiger partial charge in [0.05, 0.1) is 4.90 Å². The van der Waals surface area contributed by atoms with E-state index in [2.05, 4.69) is 0 Å². The molecule has 7 heteroatoms. The van der Waals surface area contributed by atoms with Crippen molar-refractivity contribution in [3.8, 4) is 0 Å². The smallest absolute Gasteiger partial charge is 0.267 e. The minimum Gasteiger partial charge on any atom is -0.288 e. The summed E-state index contributed by atoms with van der Waals surface area (Å²) in [6.07, 6.45) is 2.26. The van der Waals surface area contributed by atoms with E-state index in [1.54, 1.807) is 17.6 Å². The Hall–Kier alpha value is -2.22. The van der Waals surface area contributed by atoms with Gasteiger partial charge in [-0.25, -0.2) is 13.9 Å². The van der Waals surface area contributed by atoms with Crippen molar-refractivity contribution in [3.05, 3.63) is 54.1 Å². The number of fused-ring (bicyclic) bond motifs is 1. The summed E-state index contributed by atoms with van der Waals surface area (Å²) >= 11 is 0. The van der Waals surface area contributed by atoms with Gasteiger partial charge in [0, 0.05) is 19.2 Å². The lowest BCUT2D eigenvalue weighted by Gasteiger charge is -2.27. The van der Waals surface area contributed by atoms with Crippen molar-refractivity contribution in [1.82, 2.24) is 9.79 Å². The molecule has 1 aliphatic rings. The summed E-state index contributed by atoms with van der Waals surface area (Å²) in [6.45, 7) is 0.638. The zero-order chi connectivity index (χ0) is 17.2. The van der Waals surface area contributed by atoms with Crippen LogP contribution in [0, 0.1) is 0 Å². The summed E-state index contributed by atoms with van der Waals surface area (Å²) in [4.78, 5) is 11.4. The molecule has 0 aromatic heterocycles. The van der Waals surface area contributed by atoms with Crippen LogP contribution in [-0.2, 0) is 14.8 Å². The van der Waals surface area contributed by atoms with E-state index in [0.717, 1.165) is 16.3 Å². The highest BCUT2D eigenvalue weighted by atomic mass is 32.2. The number of carbonyl (C=O) groups excluding carboxylic acids is 1. The van der Waals surface area contributed by atoms with Gasteiger partial charge in [-0.3, -0.25) is 10.0 Å². The normalized spacial score (nSPS) is 16.1. The van der Waals surface area contributed by atoms with Crippen LogP contribution in [-0.4, -0.2) is 36.9 Å². The van der Waals surface area contributed by atoms with Gasteiger partial charge in [0.1, 0.15) is 0 Å². The van der Waals surface area contributed by atoms with E-state index in [-0.39, 0.29) is 4.90 Å². The number of hydrogen-bond donors (Lipinski definition) is 2. The molecule has 0 bridgehead atoms. The number of sulfonamides is 1. The van der Waals surface area contributed by atoms with E-state index in [9.17, 15) is 13.2 Å². The second-order valence-electron chi connectivity index (χ2n) is 5.69. The minimum absolute atomic E-state index is 0.279. The molecule has 1 fully saturated rings. The second kappa shape index (κ2) is 6.72.